The summed E-state index contributed by atoms with van der Waals surface area (Å²) in [5.74, 6) is 0.0796. The van der Waals surface area contributed by atoms with Crippen LogP contribution in [-0.4, -0.2) is 57.3 Å². The van der Waals surface area contributed by atoms with Gasteiger partial charge in [-0.1, -0.05) is 13.8 Å². The molecule has 1 saturated heterocycles. The van der Waals surface area contributed by atoms with Gasteiger partial charge in [-0.05, 0) is 19.3 Å². The first-order chi connectivity index (χ1) is 8.69. The van der Waals surface area contributed by atoms with Crippen LogP contribution in [0.3, 0.4) is 0 Å². The Balaban J connectivity index is 2.75. The number of nitrogens with zero attached hydrogens (tertiary/aromatic N) is 1. The second-order valence-corrected chi connectivity index (χ2v) is 7.32. The van der Waals surface area contributed by atoms with E-state index < -0.39 is 16.1 Å². The molecule has 1 amide bonds. The van der Waals surface area contributed by atoms with E-state index in [0.717, 1.165) is 6.26 Å². The third-order valence-corrected chi connectivity index (χ3v) is 3.63. The lowest BCUT2D eigenvalue weighted by Gasteiger charge is -2.34. The summed E-state index contributed by atoms with van der Waals surface area (Å²) in [6, 6.07) is -0.680. The Labute approximate surface area is 115 Å². The van der Waals surface area contributed by atoms with E-state index in [9.17, 15) is 13.2 Å². The number of ether oxygens (including phenoxy) is 1. The molecule has 0 radical (unpaired) electrons. The molecule has 1 rings (SSSR count). The number of carbonyl (C=O) groups excluding carboxylic acids is 1. The van der Waals surface area contributed by atoms with Crippen molar-refractivity contribution in [1.29, 1.82) is 0 Å². The fraction of sp³-hybridized carbons (Fsp3) is 0.917. The smallest absolute Gasteiger partial charge is 0.240 e. The second-order valence-electron chi connectivity index (χ2n) is 5.54. The van der Waals surface area contributed by atoms with E-state index in [4.69, 9.17) is 4.74 Å². The average molecular weight is 292 g/mol. The van der Waals surface area contributed by atoms with E-state index in [-0.39, 0.29) is 17.9 Å². The van der Waals surface area contributed by atoms with Crippen LogP contribution < -0.4 is 4.72 Å². The molecule has 1 aliphatic heterocycles. The van der Waals surface area contributed by atoms with Crippen LogP contribution in [0.1, 0.15) is 27.2 Å². The second kappa shape index (κ2) is 6.67. The number of hydrogen-bond acceptors (Lipinski definition) is 4. The summed E-state index contributed by atoms with van der Waals surface area (Å²) in [5.41, 5.74) is 0. The molecule has 6 nitrogen and oxygen atoms in total. The SMILES string of the molecule is CC(C)C[C@@H](NS(C)(=O)=O)C(=O)N1CCO[C@@H](C)C1. The molecule has 0 aliphatic carbocycles. The Hall–Kier alpha value is -0.660. The summed E-state index contributed by atoms with van der Waals surface area (Å²) < 4.78 is 30.6. The highest BCUT2D eigenvalue weighted by molar-refractivity contribution is 7.88. The molecule has 0 aromatic rings. The highest BCUT2D eigenvalue weighted by Gasteiger charge is 2.30. The first-order valence-electron chi connectivity index (χ1n) is 6.56. The van der Waals surface area contributed by atoms with Gasteiger partial charge in [0.15, 0.2) is 0 Å². The van der Waals surface area contributed by atoms with E-state index in [1.807, 2.05) is 20.8 Å². The predicted octanol–water partition coefficient (Wildman–Crippen LogP) is 0.198. The molecule has 19 heavy (non-hydrogen) atoms. The van der Waals surface area contributed by atoms with Crippen LogP contribution >= 0.6 is 0 Å². The first-order valence-corrected chi connectivity index (χ1v) is 8.46. The summed E-state index contributed by atoms with van der Waals surface area (Å²) in [6.45, 7) is 7.36. The van der Waals surface area contributed by atoms with Crippen molar-refractivity contribution in [1.82, 2.24) is 9.62 Å². The monoisotopic (exact) mass is 292 g/mol. The van der Waals surface area contributed by atoms with Gasteiger partial charge in [0.25, 0.3) is 0 Å². The molecule has 1 heterocycles. The third kappa shape index (κ3) is 5.88. The molecule has 1 N–H and O–H groups in total. The van der Waals surface area contributed by atoms with Gasteiger partial charge in [-0.15, -0.1) is 0 Å². The number of nitrogens with one attached hydrogen (secondary N) is 1. The van der Waals surface area contributed by atoms with Gasteiger partial charge in [-0.3, -0.25) is 4.79 Å². The van der Waals surface area contributed by atoms with Gasteiger partial charge in [0.05, 0.1) is 19.0 Å². The molecular formula is C12H24N2O4S. The van der Waals surface area contributed by atoms with E-state index >= 15 is 0 Å². The predicted molar refractivity (Wildman–Crippen MR) is 73.2 cm³/mol. The van der Waals surface area contributed by atoms with Gasteiger partial charge < -0.3 is 9.64 Å². The van der Waals surface area contributed by atoms with Crippen molar-refractivity contribution in [3.63, 3.8) is 0 Å². The highest BCUT2D eigenvalue weighted by Crippen LogP contribution is 2.12. The molecule has 0 aromatic heterocycles. The highest BCUT2D eigenvalue weighted by atomic mass is 32.2. The lowest BCUT2D eigenvalue weighted by molar-refractivity contribution is -0.140. The van der Waals surface area contributed by atoms with Crippen LogP contribution in [0.25, 0.3) is 0 Å². The minimum atomic E-state index is -3.39. The maximum Gasteiger partial charge on any atom is 0.240 e. The molecule has 1 fully saturated rings. The van der Waals surface area contributed by atoms with Crippen LogP contribution in [0.2, 0.25) is 0 Å². The van der Waals surface area contributed by atoms with E-state index in [2.05, 4.69) is 4.72 Å². The third-order valence-electron chi connectivity index (χ3n) is 2.91. The number of hydrogen-bond donors (Lipinski definition) is 1. The summed E-state index contributed by atoms with van der Waals surface area (Å²) >= 11 is 0. The minimum absolute atomic E-state index is 0.00404. The van der Waals surface area contributed by atoms with E-state index in [0.29, 0.717) is 26.1 Å². The van der Waals surface area contributed by atoms with Crippen molar-refractivity contribution in [3.8, 4) is 0 Å². The van der Waals surface area contributed by atoms with Crippen LogP contribution in [-0.2, 0) is 19.6 Å². The Bertz CT molecular complexity index is 408. The van der Waals surface area contributed by atoms with Crippen molar-refractivity contribution in [3.05, 3.63) is 0 Å². The molecule has 0 spiro atoms. The van der Waals surface area contributed by atoms with Crippen molar-refractivity contribution in [2.75, 3.05) is 26.0 Å². The molecule has 0 saturated carbocycles. The molecule has 7 heteroatoms. The van der Waals surface area contributed by atoms with Crippen molar-refractivity contribution >= 4 is 15.9 Å². The fourth-order valence-electron chi connectivity index (χ4n) is 2.17. The number of amides is 1. The number of sulfonamides is 1. The summed E-state index contributed by atoms with van der Waals surface area (Å²) in [7, 11) is -3.39. The summed E-state index contributed by atoms with van der Waals surface area (Å²) in [6.07, 6.45) is 1.57. The van der Waals surface area contributed by atoms with Crippen LogP contribution in [0.4, 0.5) is 0 Å². The average Bonchev–Trinajstić information content (AvgIpc) is 2.24. The zero-order valence-electron chi connectivity index (χ0n) is 12.0. The van der Waals surface area contributed by atoms with Gasteiger partial charge in [-0.2, -0.15) is 0 Å². The topological polar surface area (TPSA) is 75.7 Å². The van der Waals surface area contributed by atoms with Crippen LogP contribution in [0.15, 0.2) is 0 Å². The van der Waals surface area contributed by atoms with E-state index in [1.165, 1.54) is 0 Å². The van der Waals surface area contributed by atoms with E-state index in [1.54, 1.807) is 4.90 Å². The summed E-state index contributed by atoms with van der Waals surface area (Å²) in [5, 5.41) is 0. The fourth-order valence-corrected chi connectivity index (χ4v) is 2.88. The Kier molecular flexibility index (Phi) is 5.76. The normalized spacial score (nSPS) is 22.6. The quantitative estimate of drug-likeness (QED) is 0.785. The maximum atomic E-state index is 12.4. The minimum Gasteiger partial charge on any atom is -0.375 e. The first kappa shape index (κ1) is 16.4. The summed E-state index contributed by atoms with van der Waals surface area (Å²) in [4.78, 5) is 14.1. The van der Waals surface area contributed by atoms with Gasteiger partial charge in [0.1, 0.15) is 6.04 Å². The Morgan fingerprint density at radius 3 is 2.58 bits per heavy atom. The van der Waals surface area contributed by atoms with Gasteiger partial charge in [0.2, 0.25) is 15.9 Å². The zero-order chi connectivity index (χ0) is 14.6. The lowest BCUT2D eigenvalue weighted by Crippen LogP contribution is -2.53. The van der Waals surface area contributed by atoms with Crippen LogP contribution in [0.5, 0.6) is 0 Å². The number of rotatable bonds is 5. The zero-order valence-corrected chi connectivity index (χ0v) is 12.9. The number of carbonyl (C=O) groups is 1. The maximum absolute atomic E-state index is 12.4. The standard InChI is InChI=1S/C12H24N2O4S/c1-9(2)7-11(13-19(4,16)17)12(15)14-5-6-18-10(3)8-14/h9-11,13H,5-8H2,1-4H3/t10-,11+/m0/s1. The molecule has 112 valence electrons. The molecule has 1 aliphatic rings. The lowest BCUT2D eigenvalue weighted by atomic mass is 10.0. The van der Waals surface area contributed by atoms with Gasteiger partial charge in [-0.25, -0.2) is 13.1 Å². The molecule has 2 atom stereocenters. The molecule has 0 aromatic carbocycles. The van der Waals surface area contributed by atoms with Crippen molar-refractivity contribution in [2.45, 2.75) is 39.3 Å². The molecule has 0 bridgehead atoms. The van der Waals surface area contributed by atoms with Crippen molar-refractivity contribution in [2.24, 2.45) is 5.92 Å². The van der Waals surface area contributed by atoms with Crippen LogP contribution in [0, 0.1) is 5.92 Å². The van der Waals surface area contributed by atoms with Gasteiger partial charge >= 0.3 is 0 Å². The molecule has 0 unspecified atom stereocenters. The largest absolute Gasteiger partial charge is 0.375 e. The Morgan fingerprint density at radius 2 is 2.11 bits per heavy atom. The van der Waals surface area contributed by atoms with Gasteiger partial charge in [0, 0.05) is 13.1 Å². The van der Waals surface area contributed by atoms with Crippen molar-refractivity contribution < 1.29 is 17.9 Å². The number of morpholine rings is 1. The molecular weight excluding hydrogens is 268 g/mol. The Morgan fingerprint density at radius 1 is 1.47 bits per heavy atom.